The van der Waals surface area contributed by atoms with Crippen molar-refractivity contribution in [2.45, 2.75) is 33.6 Å². The highest BCUT2D eigenvalue weighted by molar-refractivity contribution is 5.97. The predicted octanol–water partition coefficient (Wildman–Crippen LogP) is 0.718. The standard InChI is InChI=1S/C14H24N2O4/c1-14(2,3)10(13(19)20)12(18)16-7-5-9(6-8-16)11(17)15-4/h9-10H,5-8H2,1-4H3,(H,15,17)(H,19,20). The molecule has 0 aromatic heterocycles. The van der Waals surface area contributed by atoms with Gasteiger partial charge in [0.2, 0.25) is 11.8 Å². The first-order valence-electron chi connectivity index (χ1n) is 6.91. The van der Waals surface area contributed by atoms with Crippen LogP contribution in [0.1, 0.15) is 33.6 Å². The van der Waals surface area contributed by atoms with Crippen molar-refractivity contribution in [3.05, 3.63) is 0 Å². The molecule has 114 valence electrons. The van der Waals surface area contributed by atoms with E-state index in [0.29, 0.717) is 25.9 Å². The van der Waals surface area contributed by atoms with Crippen molar-refractivity contribution in [1.82, 2.24) is 10.2 Å². The van der Waals surface area contributed by atoms with Crippen LogP contribution in [-0.4, -0.2) is 47.9 Å². The summed E-state index contributed by atoms with van der Waals surface area (Å²) >= 11 is 0. The highest BCUT2D eigenvalue weighted by atomic mass is 16.4. The average Bonchev–Trinajstić information content (AvgIpc) is 2.35. The first kappa shape index (κ1) is 16.5. The number of carbonyl (C=O) groups excluding carboxylic acids is 2. The van der Waals surface area contributed by atoms with E-state index in [1.165, 1.54) is 0 Å². The van der Waals surface area contributed by atoms with Crippen molar-refractivity contribution >= 4 is 17.8 Å². The summed E-state index contributed by atoms with van der Waals surface area (Å²) in [6.45, 7) is 6.14. The SMILES string of the molecule is CNC(=O)C1CCN(C(=O)C(C(=O)O)C(C)(C)C)CC1. The summed E-state index contributed by atoms with van der Waals surface area (Å²) in [6.07, 6.45) is 1.17. The number of carbonyl (C=O) groups is 3. The predicted molar refractivity (Wildman–Crippen MR) is 74.0 cm³/mol. The Balaban J connectivity index is 2.71. The molecule has 1 aliphatic heterocycles. The van der Waals surface area contributed by atoms with Crippen LogP contribution < -0.4 is 5.32 Å². The Hall–Kier alpha value is -1.59. The van der Waals surface area contributed by atoms with Gasteiger partial charge in [-0.2, -0.15) is 0 Å². The maximum atomic E-state index is 12.4. The van der Waals surface area contributed by atoms with E-state index in [9.17, 15) is 19.5 Å². The molecule has 1 aliphatic rings. The van der Waals surface area contributed by atoms with Crippen LogP contribution in [0.4, 0.5) is 0 Å². The third-order valence-corrected chi connectivity index (χ3v) is 3.78. The van der Waals surface area contributed by atoms with E-state index in [0.717, 1.165) is 0 Å². The van der Waals surface area contributed by atoms with Gasteiger partial charge >= 0.3 is 5.97 Å². The molecule has 1 unspecified atom stereocenters. The highest BCUT2D eigenvalue weighted by Crippen LogP contribution is 2.29. The quantitative estimate of drug-likeness (QED) is 0.748. The first-order valence-corrected chi connectivity index (χ1v) is 6.91. The summed E-state index contributed by atoms with van der Waals surface area (Å²) in [6, 6.07) is 0. The number of carboxylic acid groups (broad SMARTS) is 1. The van der Waals surface area contributed by atoms with Crippen LogP contribution in [-0.2, 0) is 14.4 Å². The van der Waals surface area contributed by atoms with Crippen LogP contribution in [0.5, 0.6) is 0 Å². The zero-order valence-electron chi connectivity index (χ0n) is 12.6. The molecule has 1 heterocycles. The number of likely N-dealkylation sites (tertiary alicyclic amines) is 1. The lowest BCUT2D eigenvalue weighted by molar-refractivity contribution is -0.157. The van der Waals surface area contributed by atoms with Gasteiger partial charge < -0.3 is 15.3 Å². The third kappa shape index (κ3) is 3.71. The van der Waals surface area contributed by atoms with E-state index < -0.39 is 17.3 Å². The van der Waals surface area contributed by atoms with Gasteiger partial charge in [-0.3, -0.25) is 14.4 Å². The van der Waals surface area contributed by atoms with E-state index in [4.69, 9.17) is 0 Å². The summed E-state index contributed by atoms with van der Waals surface area (Å²) in [7, 11) is 1.60. The molecule has 0 bridgehead atoms. The number of rotatable bonds is 3. The molecule has 20 heavy (non-hydrogen) atoms. The van der Waals surface area contributed by atoms with Crippen LogP contribution in [0, 0.1) is 17.3 Å². The van der Waals surface area contributed by atoms with Gasteiger partial charge in [-0.25, -0.2) is 0 Å². The molecular formula is C14H24N2O4. The van der Waals surface area contributed by atoms with E-state index in [1.54, 1.807) is 32.7 Å². The van der Waals surface area contributed by atoms with Gasteiger partial charge in [-0.05, 0) is 18.3 Å². The molecule has 1 saturated heterocycles. The van der Waals surface area contributed by atoms with Gasteiger partial charge in [0.1, 0.15) is 5.92 Å². The van der Waals surface area contributed by atoms with E-state index >= 15 is 0 Å². The Morgan fingerprint density at radius 2 is 1.70 bits per heavy atom. The normalized spacial score (nSPS) is 18.5. The second-order valence-electron chi connectivity index (χ2n) is 6.35. The minimum absolute atomic E-state index is 0.0114. The van der Waals surface area contributed by atoms with Gasteiger partial charge in [0.15, 0.2) is 0 Å². The summed E-state index contributed by atoms with van der Waals surface area (Å²) < 4.78 is 0. The molecule has 0 saturated carbocycles. The van der Waals surface area contributed by atoms with Gasteiger partial charge in [0.05, 0.1) is 0 Å². The Kier molecular flexibility index (Phi) is 5.14. The van der Waals surface area contributed by atoms with Crippen LogP contribution in [0.25, 0.3) is 0 Å². The lowest BCUT2D eigenvalue weighted by atomic mass is 9.79. The molecule has 0 spiro atoms. The molecule has 1 rings (SSSR count). The largest absolute Gasteiger partial charge is 0.481 e. The molecule has 0 aliphatic carbocycles. The number of carboxylic acids is 1. The molecule has 6 nitrogen and oxygen atoms in total. The van der Waals surface area contributed by atoms with Crippen molar-refractivity contribution < 1.29 is 19.5 Å². The van der Waals surface area contributed by atoms with E-state index in [2.05, 4.69) is 5.32 Å². The lowest BCUT2D eigenvalue weighted by Crippen LogP contribution is -2.49. The zero-order valence-corrected chi connectivity index (χ0v) is 12.6. The van der Waals surface area contributed by atoms with Crippen LogP contribution >= 0.6 is 0 Å². The summed E-state index contributed by atoms with van der Waals surface area (Å²) in [5.41, 5.74) is -0.624. The Morgan fingerprint density at radius 1 is 1.20 bits per heavy atom. The third-order valence-electron chi connectivity index (χ3n) is 3.78. The number of amides is 2. The second-order valence-corrected chi connectivity index (χ2v) is 6.35. The van der Waals surface area contributed by atoms with E-state index in [-0.39, 0.29) is 17.7 Å². The molecular weight excluding hydrogens is 260 g/mol. The number of piperidine rings is 1. The van der Waals surface area contributed by atoms with Crippen LogP contribution in [0.3, 0.4) is 0 Å². The number of nitrogens with one attached hydrogen (secondary N) is 1. The number of hydrogen-bond acceptors (Lipinski definition) is 3. The second kappa shape index (κ2) is 6.24. The van der Waals surface area contributed by atoms with Gasteiger partial charge in [0.25, 0.3) is 0 Å². The fourth-order valence-electron chi connectivity index (χ4n) is 2.60. The Bertz CT molecular complexity index is 392. The molecule has 1 fully saturated rings. The molecule has 0 aromatic rings. The maximum absolute atomic E-state index is 12.4. The minimum Gasteiger partial charge on any atom is -0.481 e. The maximum Gasteiger partial charge on any atom is 0.316 e. The number of nitrogens with zero attached hydrogens (tertiary/aromatic N) is 1. The van der Waals surface area contributed by atoms with Gasteiger partial charge in [-0.15, -0.1) is 0 Å². The van der Waals surface area contributed by atoms with Gasteiger partial charge in [0, 0.05) is 26.1 Å². The Labute approximate surface area is 119 Å². The zero-order chi connectivity index (χ0) is 15.5. The fraction of sp³-hybridized carbons (Fsp3) is 0.786. The number of hydrogen-bond donors (Lipinski definition) is 2. The van der Waals surface area contributed by atoms with Crippen LogP contribution in [0.15, 0.2) is 0 Å². The summed E-state index contributed by atoms with van der Waals surface area (Å²) in [4.78, 5) is 36.8. The lowest BCUT2D eigenvalue weighted by Gasteiger charge is -2.36. The number of aliphatic carboxylic acids is 1. The average molecular weight is 284 g/mol. The van der Waals surface area contributed by atoms with Crippen molar-refractivity contribution in [3.8, 4) is 0 Å². The smallest absolute Gasteiger partial charge is 0.316 e. The van der Waals surface area contributed by atoms with Crippen molar-refractivity contribution in [3.63, 3.8) is 0 Å². The topological polar surface area (TPSA) is 86.7 Å². The Morgan fingerprint density at radius 3 is 2.05 bits per heavy atom. The van der Waals surface area contributed by atoms with Crippen molar-refractivity contribution in [2.75, 3.05) is 20.1 Å². The van der Waals surface area contributed by atoms with Crippen LogP contribution in [0.2, 0.25) is 0 Å². The molecule has 6 heteroatoms. The fourth-order valence-corrected chi connectivity index (χ4v) is 2.60. The summed E-state index contributed by atoms with van der Waals surface area (Å²) in [5, 5.41) is 11.9. The van der Waals surface area contributed by atoms with E-state index in [1.807, 2.05) is 0 Å². The first-order chi connectivity index (χ1) is 9.18. The van der Waals surface area contributed by atoms with Crippen molar-refractivity contribution in [2.24, 2.45) is 17.3 Å². The van der Waals surface area contributed by atoms with Crippen molar-refractivity contribution in [1.29, 1.82) is 0 Å². The van der Waals surface area contributed by atoms with Gasteiger partial charge in [-0.1, -0.05) is 20.8 Å². The minimum atomic E-state index is -1.09. The molecule has 1 atom stereocenters. The molecule has 0 radical (unpaired) electrons. The molecule has 0 aromatic carbocycles. The summed E-state index contributed by atoms with van der Waals surface area (Å²) in [5.74, 6) is -2.57. The highest BCUT2D eigenvalue weighted by Gasteiger charge is 2.41. The molecule has 2 amide bonds. The molecule has 2 N–H and O–H groups in total. The monoisotopic (exact) mass is 284 g/mol.